The molecule has 196 valence electrons. The van der Waals surface area contributed by atoms with E-state index in [1.54, 1.807) is 0 Å². The van der Waals surface area contributed by atoms with Gasteiger partial charge in [0, 0.05) is 6.54 Å². The molecule has 0 aliphatic carbocycles. The first kappa shape index (κ1) is 26.7. The summed E-state index contributed by atoms with van der Waals surface area (Å²) < 4.78 is 6.28. The van der Waals surface area contributed by atoms with E-state index in [-0.39, 0.29) is 17.4 Å². The van der Waals surface area contributed by atoms with E-state index in [0.29, 0.717) is 18.4 Å². The number of para-hydroxylation sites is 1. The van der Waals surface area contributed by atoms with Gasteiger partial charge in [-0.2, -0.15) is 0 Å². The molecule has 1 saturated heterocycles. The van der Waals surface area contributed by atoms with Crippen LogP contribution in [-0.2, 0) is 17.8 Å². The smallest absolute Gasteiger partial charge is 0.226 e. The summed E-state index contributed by atoms with van der Waals surface area (Å²) in [4.78, 5) is 16.4. The molecule has 0 bridgehead atoms. The highest BCUT2D eigenvalue weighted by Gasteiger charge is 2.41. The fraction of sp³-hybridized carbons (Fsp3) is 0.594. The zero-order valence-corrected chi connectivity index (χ0v) is 22.9. The first-order valence-corrected chi connectivity index (χ1v) is 14.2. The van der Waals surface area contributed by atoms with Crippen molar-refractivity contribution in [2.45, 2.75) is 91.1 Å². The molecule has 1 fully saturated rings. The molecule has 0 radical (unpaired) electrons. The van der Waals surface area contributed by atoms with Crippen LogP contribution in [0.15, 0.2) is 48.5 Å². The molecule has 2 aromatic carbocycles. The topological polar surface area (TPSA) is 41.6 Å². The Labute approximate surface area is 218 Å². The Morgan fingerprint density at radius 2 is 1.69 bits per heavy atom. The molecule has 1 atom stereocenters. The van der Waals surface area contributed by atoms with Crippen molar-refractivity contribution in [2.24, 2.45) is 11.3 Å². The number of piperidine rings is 1. The molecule has 4 heteroatoms. The highest BCUT2D eigenvalue weighted by molar-refractivity contribution is 5.83. The van der Waals surface area contributed by atoms with Gasteiger partial charge in [-0.25, -0.2) is 0 Å². The molecule has 0 aromatic heterocycles. The molecule has 4 nitrogen and oxygen atoms in total. The molecule has 2 heterocycles. The summed E-state index contributed by atoms with van der Waals surface area (Å²) in [5, 5.41) is 3.46. The van der Waals surface area contributed by atoms with E-state index in [2.05, 4.69) is 80.4 Å². The average Bonchev–Trinajstić information content (AvgIpc) is 2.86. The molecule has 2 aliphatic rings. The van der Waals surface area contributed by atoms with E-state index < -0.39 is 0 Å². The Bertz CT molecular complexity index is 974. The fourth-order valence-electron chi connectivity index (χ4n) is 5.89. The zero-order chi connectivity index (χ0) is 25.5. The van der Waals surface area contributed by atoms with Crippen molar-refractivity contribution in [1.82, 2.24) is 10.2 Å². The number of ether oxygens (including phenoxy) is 1. The highest BCUT2D eigenvalue weighted by Crippen LogP contribution is 2.38. The third kappa shape index (κ3) is 6.91. The summed E-state index contributed by atoms with van der Waals surface area (Å²) in [5.74, 6) is 2.30. The standard InChI is InChI=1S/C32H46N2O2/c1-24(2)21-29-23-36-30-11-6-5-9-28(30)10-7-8-16-32(31(35)33-29)17-19-34(20-18-32)22-26-12-14-27(15-13-26)25(3)4/h5-6,9,11-15,24-25,29H,7-8,10,16-23H2,1-4H3,(H,33,35)/t29-/m0/s1. The van der Waals surface area contributed by atoms with Crippen LogP contribution in [0.1, 0.15) is 88.8 Å². The Morgan fingerprint density at radius 1 is 0.972 bits per heavy atom. The van der Waals surface area contributed by atoms with E-state index in [1.807, 2.05) is 6.07 Å². The SMILES string of the molecule is CC(C)C[C@H]1COc2ccccc2CCCCC2(CCN(Cc3ccc(C(C)C)cc3)CC2)C(=O)N1. The summed E-state index contributed by atoms with van der Waals surface area (Å²) in [7, 11) is 0. The number of rotatable bonds is 5. The van der Waals surface area contributed by atoms with Crippen LogP contribution in [0, 0.1) is 11.3 Å². The second-order valence-corrected chi connectivity index (χ2v) is 11.9. The third-order valence-corrected chi connectivity index (χ3v) is 8.20. The molecule has 4 rings (SSSR count). The summed E-state index contributed by atoms with van der Waals surface area (Å²) in [6.45, 7) is 12.4. The predicted molar refractivity (Wildman–Crippen MR) is 148 cm³/mol. The van der Waals surface area contributed by atoms with Gasteiger partial charge in [-0.3, -0.25) is 9.69 Å². The fourth-order valence-corrected chi connectivity index (χ4v) is 5.89. The maximum atomic E-state index is 13.8. The first-order chi connectivity index (χ1) is 17.3. The van der Waals surface area contributed by atoms with Crippen molar-refractivity contribution in [1.29, 1.82) is 0 Å². The largest absolute Gasteiger partial charge is 0.491 e. The number of amides is 1. The number of hydrogen-bond donors (Lipinski definition) is 1. The van der Waals surface area contributed by atoms with Gasteiger partial charge in [0.15, 0.2) is 0 Å². The van der Waals surface area contributed by atoms with Crippen LogP contribution in [0.25, 0.3) is 0 Å². The molecule has 1 spiro atoms. The van der Waals surface area contributed by atoms with E-state index in [0.717, 1.165) is 70.3 Å². The second-order valence-electron chi connectivity index (χ2n) is 11.9. The van der Waals surface area contributed by atoms with E-state index in [9.17, 15) is 4.79 Å². The summed E-state index contributed by atoms with van der Waals surface area (Å²) in [5.41, 5.74) is 3.79. The first-order valence-electron chi connectivity index (χ1n) is 14.2. The van der Waals surface area contributed by atoms with Gasteiger partial charge in [-0.05, 0) is 86.2 Å². The molecule has 0 unspecified atom stereocenters. The number of nitrogens with one attached hydrogen (secondary N) is 1. The average molecular weight is 491 g/mol. The Hall–Kier alpha value is -2.33. The van der Waals surface area contributed by atoms with Gasteiger partial charge in [0.05, 0.1) is 11.5 Å². The number of aryl methyl sites for hydroxylation is 1. The van der Waals surface area contributed by atoms with Crippen molar-refractivity contribution in [3.63, 3.8) is 0 Å². The molecule has 36 heavy (non-hydrogen) atoms. The van der Waals surface area contributed by atoms with Crippen molar-refractivity contribution < 1.29 is 9.53 Å². The van der Waals surface area contributed by atoms with Gasteiger partial charge in [0.25, 0.3) is 0 Å². The molecular formula is C32H46N2O2. The second kappa shape index (κ2) is 12.3. The minimum absolute atomic E-state index is 0.0411. The predicted octanol–water partition coefficient (Wildman–Crippen LogP) is 6.73. The lowest BCUT2D eigenvalue weighted by molar-refractivity contribution is -0.136. The van der Waals surface area contributed by atoms with Crippen LogP contribution in [0.5, 0.6) is 5.75 Å². The van der Waals surface area contributed by atoms with Gasteiger partial charge in [-0.15, -0.1) is 0 Å². The summed E-state index contributed by atoms with van der Waals surface area (Å²) in [6.07, 6.45) is 6.98. The molecular weight excluding hydrogens is 444 g/mol. The van der Waals surface area contributed by atoms with E-state index >= 15 is 0 Å². The lowest BCUT2D eigenvalue weighted by Crippen LogP contribution is -2.52. The van der Waals surface area contributed by atoms with Crippen LogP contribution in [-0.4, -0.2) is 36.5 Å². The van der Waals surface area contributed by atoms with Crippen LogP contribution >= 0.6 is 0 Å². The molecule has 1 N–H and O–H groups in total. The number of fused-ring (bicyclic) bond motifs is 1. The molecule has 2 aromatic rings. The van der Waals surface area contributed by atoms with Crippen LogP contribution in [0.3, 0.4) is 0 Å². The van der Waals surface area contributed by atoms with E-state index in [1.165, 1.54) is 16.7 Å². The minimum Gasteiger partial charge on any atom is -0.491 e. The molecule has 2 aliphatic heterocycles. The van der Waals surface area contributed by atoms with Crippen molar-refractivity contribution >= 4 is 5.91 Å². The molecule has 1 amide bonds. The number of benzene rings is 2. The Morgan fingerprint density at radius 3 is 2.39 bits per heavy atom. The summed E-state index contributed by atoms with van der Waals surface area (Å²) >= 11 is 0. The number of carbonyl (C=O) groups excluding carboxylic acids is 1. The van der Waals surface area contributed by atoms with Crippen molar-refractivity contribution in [3.05, 3.63) is 65.2 Å². The van der Waals surface area contributed by atoms with Gasteiger partial charge < -0.3 is 10.1 Å². The number of hydrogen-bond acceptors (Lipinski definition) is 3. The Kier molecular flexibility index (Phi) is 9.11. The van der Waals surface area contributed by atoms with E-state index in [4.69, 9.17) is 4.74 Å². The monoisotopic (exact) mass is 490 g/mol. The van der Waals surface area contributed by atoms with Gasteiger partial charge in [0.1, 0.15) is 12.4 Å². The Balaban J connectivity index is 1.44. The maximum absolute atomic E-state index is 13.8. The maximum Gasteiger partial charge on any atom is 0.226 e. The van der Waals surface area contributed by atoms with Crippen LogP contribution in [0.4, 0.5) is 0 Å². The van der Waals surface area contributed by atoms with Gasteiger partial charge in [-0.1, -0.05) is 76.6 Å². The number of carbonyl (C=O) groups is 1. The summed E-state index contributed by atoms with van der Waals surface area (Å²) in [6, 6.07) is 17.5. The quantitative estimate of drug-likeness (QED) is 0.505. The van der Waals surface area contributed by atoms with Crippen LogP contribution < -0.4 is 10.1 Å². The minimum atomic E-state index is -0.258. The molecule has 0 saturated carbocycles. The lowest BCUT2D eigenvalue weighted by Gasteiger charge is -2.42. The highest BCUT2D eigenvalue weighted by atomic mass is 16.5. The van der Waals surface area contributed by atoms with Crippen LogP contribution in [0.2, 0.25) is 0 Å². The zero-order valence-electron chi connectivity index (χ0n) is 22.9. The number of nitrogens with zero attached hydrogens (tertiary/aromatic N) is 1. The van der Waals surface area contributed by atoms with Gasteiger partial charge >= 0.3 is 0 Å². The third-order valence-electron chi connectivity index (χ3n) is 8.20. The van der Waals surface area contributed by atoms with Gasteiger partial charge in [0.2, 0.25) is 5.91 Å². The van der Waals surface area contributed by atoms with Crippen molar-refractivity contribution in [2.75, 3.05) is 19.7 Å². The normalized spacial score (nSPS) is 21.4. The van der Waals surface area contributed by atoms with Crippen molar-refractivity contribution in [3.8, 4) is 5.75 Å². The lowest BCUT2D eigenvalue weighted by atomic mass is 9.73. The number of likely N-dealkylation sites (tertiary alicyclic amines) is 1.